The molecule has 2 heteroatoms. The van der Waals surface area contributed by atoms with Crippen molar-refractivity contribution >= 4 is 26.8 Å². The molecule has 2 aromatic rings. The highest BCUT2D eigenvalue weighted by molar-refractivity contribution is 9.10. The van der Waals surface area contributed by atoms with E-state index >= 15 is 0 Å². The smallest absolute Gasteiger partial charge is 0.0629 e. The van der Waals surface area contributed by atoms with E-state index in [2.05, 4.69) is 65.5 Å². The fraction of sp³-hybridized carbons (Fsp3) is 0.333. The van der Waals surface area contributed by atoms with Crippen LogP contribution in [0.3, 0.4) is 0 Å². The quantitative estimate of drug-likeness (QED) is 0.713. The number of aryl methyl sites for hydroxylation is 1. The van der Waals surface area contributed by atoms with Crippen LogP contribution in [-0.4, -0.2) is 4.57 Å². The van der Waals surface area contributed by atoms with E-state index < -0.39 is 0 Å². The summed E-state index contributed by atoms with van der Waals surface area (Å²) in [7, 11) is 0. The zero-order chi connectivity index (χ0) is 10.3. The average Bonchev–Trinajstić information content (AvgIpc) is 2.42. The number of rotatable bonds is 1. The first-order chi connectivity index (χ1) is 6.61. The molecule has 0 saturated heterocycles. The van der Waals surface area contributed by atoms with E-state index in [0.717, 1.165) is 0 Å². The highest BCUT2D eigenvalue weighted by Crippen LogP contribution is 2.29. The minimum absolute atomic E-state index is 0.506. The van der Waals surface area contributed by atoms with E-state index in [9.17, 15) is 0 Å². The molecule has 1 heterocycles. The van der Waals surface area contributed by atoms with E-state index in [1.165, 1.54) is 21.1 Å². The SMILES string of the molecule is Cc1cc2cccc(Br)c2n1C(C)C. The van der Waals surface area contributed by atoms with Crippen molar-refractivity contribution in [3.05, 3.63) is 34.4 Å². The van der Waals surface area contributed by atoms with Crippen LogP contribution in [-0.2, 0) is 0 Å². The predicted molar refractivity (Wildman–Crippen MR) is 64.8 cm³/mol. The monoisotopic (exact) mass is 251 g/mol. The number of hydrogen-bond acceptors (Lipinski definition) is 0. The van der Waals surface area contributed by atoms with Gasteiger partial charge in [0, 0.05) is 21.6 Å². The van der Waals surface area contributed by atoms with Crippen molar-refractivity contribution in [2.45, 2.75) is 26.8 Å². The van der Waals surface area contributed by atoms with Gasteiger partial charge in [-0.25, -0.2) is 0 Å². The first-order valence-corrected chi connectivity index (χ1v) is 5.66. The Hall–Kier alpha value is -0.760. The van der Waals surface area contributed by atoms with Gasteiger partial charge >= 0.3 is 0 Å². The number of para-hydroxylation sites is 1. The molecule has 1 aromatic heterocycles. The average molecular weight is 252 g/mol. The number of nitrogens with zero attached hydrogens (tertiary/aromatic N) is 1. The molecule has 0 radical (unpaired) electrons. The number of halogens is 1. The number of benzene rings is 1. The summed E-state index contributed by atoms with van der Waals surface area (Å²) in [4.78, 5) is 0. The maximum atomic E-state index is 3.61. The molecule has 2 rings (SSSR count). The van der Waals surface area contributed by atoms with Crippen LogP contribution in [0.15, 0.2) is 28.7 Å². The molecule has 0 bridgehead atoms. The van der Waals surface area contributed by atoms with Gasteiger partial charge in [0.25, 0.3) is 0 Å². The molecule has 0 unspecified atom stereocenters. The Kier molecular flexibility index (Phi) is 2.40. The molecule has 14 heavy (non-hydrogen) atoms. The molecule has 0 saturated carbocycles. The van der Waals surface area contributed by atoms with Crippen LogP contribution in [0.4, 0.5) is 0 Å². The molecular formula is C12H14BrN. The second kappa shape index (κ2) is 3.43. The van der Waals surface area contributed by atoms with Crippen LogP contribution < -0.4 is 0 Å². The molecular weight excluding hydrogens is 238 g/mol. The summed E-state index contributed by atoms with van der Waals surface area (Å²) in [5.74, 6) is 0. The van der Waals surface area contributed by atoms with Crippen LogP contribution in [0.1, 0.15) is 25.6 Å². The van der Waals surface area contributed by atoms with Crippen LogP contribution in [0, 0.1) is 6.92 Å². The molecule has 0 N–H and O–H groups in total. The van der Waals surface area contributed by atoms with Crippen molar-refractivity contribution in [3.8, 4) is 0 Å². The van der Waals surface area contributed by atoms with Crippen molar-refractivity contribution in [3.63, 3.8) is 0 Å². The van der Waals surface area contributed by atoms with Crippen molar-refractivity contribution < 1.29 is 0 Å². The largest absolute Gasteiger partial charge is 0.341 e. The van der Waals surface area contributed by atoms with E-state index in [0.29, 0.717) is 6.04 Å². The zero-order valence-electron chi connectivity index (χ0n) is 8.71. The summed E-state index contributed by atoms with van der Waals surface area (Å²) in [5.41, 5.74) is 2.63. The molecule has 1 nitrogen and oxygen atoms in total. The molecule has 0 atom stereocenters. The lowest BCUT2D eigenvalue weighted by Gasteiger charge is -2.13. The summed E-state index contributed by atoms with van der Waals surface area (Å²) in [6, 6.07) is 9.08. The fourth-order valence-electron chi connectivity index (χ4n) is 2.04. The van der Waals surface area contributed by atoms with Gasteiger partial charge in [0.05, 0.1) is 5.52 Å². The highest BCUT2D eigenvalue weighted by Gasteiger charge is 2.10. The van der Waals surface area contributed by atoms with Crippen molar-refractivity contribution in [2.24, 2.45) is 0 Å². The van der Waals surface area contributed by atoms with Crippen LogP contribution in [0.2, 0.25) is 0 Å². The molecule has 74 valence electrons. The highest BCUT2D eigenvalue weighted by atomic mass is 79.9. The van der Waals surface area contributed by atoms with Gasteiger partial charge in [-0.15, -0.1) is 0 Å². The fourth-order valence-corrected chi connectivity index (χ4v) is 2.61. The number of aromatic nitrogens is 1. The number of fused-ring (bicyclic) bond motifs is 1. The Labute approximate surface area is 92.9 Å². The third-order valence-electron chi connectivity index (χ3n) is 2.52. The Bertz CT molecular complexity index is 468. The maximum Gasteiger partial charge on any atom is 0.0629 e. The van der Waals surface area contributed by atoms with Crippen LogP contribution >= 0.6 is 15.9 Å². The van der Waals surface area contributed by atoms with Crippen molar-refractivity contribution in [1.29, 1.82) is 0 Å². The molecule has 0 spiro atoms. The van der Waals surface area contributed by atoms with Crippen molar-refractivity contribution in [1.82, 2.24) is 4.57 Å². The van der Waals surface area contributed by atoms with Gasteiger partial charge < -0.3 is 4.57 Å². The van der Waals surface area contributed by atoms with E-state index in [4.69, 9.17) is 0 Å². The molecule has 1 aromatic carbocycles. The van der Waals surface area contributed by atoms with Gasteiger partial charge in [-0.1, -0.05) is 12.1 Å². The Balaban J connectivity index is 2.86. The van der Waals surface area contributed by atoms with Gasteiger partial charge in [-0.3, -0.25) is 0 Å². The minimum Gasteiger partial charge on any atom is -0.341 e. The lowest BCUT2D eigenvalue weighted by molar-refractivity contribution is 0.607. The van der Waals surface area contributed by atoms with Crippen molar-refractivity contribution in [2.75, 3.05) is 0 Å². The third kappa shape index (κ3) is 1.38. The van der Waals surface area contributed by atoms with Gasteiger partial charge in [-0.05, 0) is 48.8 Å². The first-order valence-electron chi connectivity index (χ1n) is 4.87. The van der Waals surface area contributed by atoms with Gasteiger partial charge in [0.1, 0.15) is 0 Å². The van der Waals surface area contributed by atoms with Gasteiger partial charge in [0.15, 0.2) is 0 Å². The second-order valence-electron chi connectivity index (χ2n) is 3.93. The molecule has 0 aliphatic carbocycles. The Morgan fingerprint density at radius 2 is 2.00 bits per heavy atom. The summed E-state index contributed by atoms with van der Waals surface area (Å²) < 4.78 is 3.54. The van der Waals surface area contributed by atoms with E-state index in [1.54, 1.807) is 0 Å². The van der Waals surface area contributed by atoms with Crippen LogP contribution in [0.25, 0.3) is 10.9 Å². The minimum atomic E-state index is 0.506. The standard InChI is InChI=1S/C12H14BrN/c1-8(2)14-9(3)7-10-5-4-6-11(13)12(10)14/h4-8H,1-3H3. The maximum absolute atomic E-state index is 3.61. The van der Waals surface area contributed by atoms with Gasteiger partial charge in [-0.2, -0.15) is 0 Å². The summed E-state index contributed by atoms with van der Waals surface area (Å²) in [5, 5.41) is 1.31. The van der Waals surface area contributed by atoms with Gasteiger partial charge in [0.2, 0.25) is 0 Å². The normalized spacial score (nSPS) is 11.5. The van der Waals surface area contributed by atoms with E-state index in [-0.39, 0.29) is 0 Å². The molecule has 0 aliphatic rings. The Morgan fingerprint density at radius 1 is 1.29 bits per heavy atom. The molecule has 0 aliphatic heterocycles. The zero-order valence-corrected chi connectivity index (χ0v) is 10.3. The summed E-state index contributed by atoms with van der Waals surface area (Å²) in [6.45, 7) is 6.59. The molecule has 0 amide bonds. The third-order valence-corrected chi connectivity index (χ3v) is 3.16. The number of hydrogen-bond donors (Lipinski definition) is 0. The van der Waals surface area contributed by atoms with E-state index in [1.807, 2.05) is 0 Å². The summed E-state index contributed by atoms with van der Waals surface area (Å²) >= 11 is 3.61. The van der Waals surface area contributed by atoms with Crippen LogP contribution in [0.5, 0.6) is 0 Å². The predicted octanol–water partition coefficient (Wildman–Crippen LogP) is 4.29. The lowest BCUT2D eigenvalue weighted by atomic mass is 10.2. The second-order valence-corrected chi connectivity index (χ2v) is 4.78. The first kappa shape index (κ1) is 9.78. The summed E-state index contributed by atoms with van der Waals surface area (Å²) in [6.07, 6.45) is 0. The topological polar surface area (TPSA) is 4.93 Å². The lowest BCUT2D eigenvalue weighted by Crippen LogP contribution is -2.02. The molecule has 0 fully saturated rings. The Morgan fingerprint density at radius 3 is 2.64 bits per heavy atom.